The number of hydrogen-bond acceptors (Lipinski definition) is 6. The summed E-state index contributed by atoms with van der Waals surface area (Å²) in [5, 5.41) is 2.86. The normalized spacial score (nSPS) is 12.7. The molecule has 0 saturated carbocycles. The minimum atomic E-state index is -3.51. The maximum absolute atomic E-state index is 12.6. The van der Waals surface area contributed by atoms with Gasteiger partial charge in [-0.2, -0.15) is 0 Å². The molecule has 0 fully saturated rings. The summed E-state index contributed by atoms with van der Waals surface area (Å²) in [6.07, 6.45) is -0.0313. The fraction of sp³-hybridized carbons (Fsp3) is 0.250. The van der Waals surface area contributed by atoms with E-state index in [1.165, 1.54) is 0 Å². The molecule has 0 N–H and O–H groups in total. The molecule has 5 nitrogen and oxygen atoms in total. The van der Waals surface area contributed by atoms with Crippen molar-refractivity contribution in [2.75, 3.05) is 6.61 Å². The largest absolute Gasteiger partial charge is 0.487 e. The van der Waals surface area contributed by atoms with Crippen molar-refractivity contribution in [3.05, 3.63) is 70.7 Å². The Morgan fingerprint density at radius 3 is 2.37 bits per heavy atom. The third-order valence-corrected chi connectivity index (χ3v) is 6.75. The zero-order valence-electron chi connectivity index (χ0n) is 15.2. The first-order chi connectivity index (χ1) is 13.0. The predicted molar refractivity (Wildman–Crippen MR) is 105 cm³/mol. The second-order valence-corrected chi connectivity index (χ2v) is 8.69. The van der Waals surface area contributed by atoms with E-state index in [4.69, 9.17) is 9.47 Å². The Morgan fingerprint density at radius 1 is 1.04 bits per heavy atom. The van der Waals surface area contributed by atoms with E-state index in [0.29, 0.717) is 19.0 Å². The first-order valence-electron chi connectivity index (χ1n) is 8.59. The highest BCUT2D eigenvalue weighted by Crippen LogP contribution is 2.24. The van der Waals surface area contributed by atoms with Gasteiger partial charge in [0.1, 0.15) is 23.5 Å². The van der Waals surface area contributed by atoms with Crippen LogP contribution in [0, 0.1) is 0 Å². The van der Waals surface area contributed by atoms with Gasteiger partial charge in [-0.05, 0) is 50.2 Å². The molecule has 0 saturated heterocycles. The van der Waals surface area contributed by atoms with E-state index < -0.39 is 9.84 Å². The van der Waals surface area contributed by atoms with Gasteiger partial charge < -0.3 is 9.47 Å². The Hall–Kier alpha value is -2.22. The third-order valence-electron chi connectivity index (χ3n) is 3.91. The van der Waals surface area contributed by atoms with Gasteiger partial charge in [-0.1, -0.05) is 18.2 Å². The first-order valence-corrected chi connectivity index (χ1v) is 11.0. The van der Waals surface area contributed by atoms with Crippen LogP contribution in [0.4, 0.5) is 0 Å². The molecule has 3 aromatic rings. The van der Waals surface area contributed by atoms with E-state index in [2.05, 4.69) is 4.98 Å². The summed E-state index contributed by atoms with van der Waals surface area (Å²) < 4.78 is 36.4. The lowest BCUT2D eigenvalue weighted by molar-refractivity contribution is 0.0760. The van der Waals surface area contributed by atoms with Gasteiger partial charge in [0.05, 0.1) is 15.5 Å². The summed E-state index contributed by atoms with van der Waals surface area (Å²) in [6.45, 7) is 4.89. The number of benzene rings is 2. The molecule has 0 aliphatic carbocycles. The second-order valence-electron chi connectivity index (χ2n) is 5.85. The minimum absolute atomic E-state index is 0.0313. The molecule has 2 aromatic carbocycles. The Bertz CT molecular complexity index is 967. The zero-order chi connectivity index (χ0) is 19.3. The van der Waals surface area contributed by atoms with Crippen molar-refractivity contribution >= 4 is 21.2 Å². The van der Waals surface area contributed by atoms with Gasteiger partial charge in [0.15, 0.2) is 0 Å². The van der Waals surface area contributed by atoms with Crippen LogP contribution < -0.4 is 4.74 Å². The molecular formula is C20H21NO4S2. The summed E-state index contributed by atoms with van der Waals surface area (Å²) in [5.74, 6) is 0.592. The number of nitrogens with zero attached hydrogens (tertiary/aromatic N) is 1. The van der Waals surface area contributed by atoms with Crippen molar-refractivity contribution in [1.82, 2.24) is 4.98 Å². The molecule has 142 valence electrons. The molecule has 3 rings (SSSR count). The van der Waals surface area contributed by atoms with Crippen LogP contribution in [0.15, 0.2) is 69.8 Å². The second kappa shape index (κ2) is 8.65. The van der Waals surface area contributed by atoms with Crippen LogP contribution in [0.25, 0.3) is 0 Å². The molecule has 0 aliphatic heterocycles. The average Bonchev–Trinajstić information content (AvgIpc) is 3.17. The molecule has 1 atom stereocenters. The lowest BCUT2D eigenvalue weighted by atomic mass is 10.3. The summed E-state index contributed by atoms with van der Waals surface area (Å²) in [7, 11) is -3.51. The van der Waals surface area contributed by atoms with Gasteiger partial charge in [0.25, 0.3) is 0 Å². The molecular weight excluding hydrogens is 382 g/mol. The molecule has 27 heavy (non-hydrogen) atoms. The molecule has 7 heteroatoms. The number of rotatable bonds is 8. The van der Waals surface area contributed by atoms with E-state index in [9.17, 15) is 8.42 Å². The molecule has 0 bridgehead atoms. The van der Waals surface area contributed by atoms with Crippen LogP contribution >= 0.6 is 11.3 Å². The smallest absolute Gasteiger partial charge is 0.206 e. The van der Waals surface area contributed by atoms with Crippen molar-refractivity contribution in [2.24, 2.45) is 0 Å². The van der Waals surface area contributed by atoms with Crippen LogP contribution in [-0.4, -0.2) is 20.0 Å². The number of hydrogen-bond donors (Lipinski definition) is 0. The summed E-state index contributed by atoms with van der Waals surface area (Å²) in [4.78, 5) is 5.03. The Kier molecular flexibility index (Phi) is 6.26. The highest BCUT2D eigenvalue weighted by Gasteiger charge is 2.17. The molecule has 1 heterocycles. The highest BCUT2D eigenvalue weighted by atomic mass is 32.2. The van der Waals surface area contributed by atoms with Crippen molar-refractivity contribution in [3.8, 4) is 5.75 Å². The predicted octanol–water partition coefficient (Wildman–Crippen LogP) is 4.65. The Balaban J connectivity index is 1.65. The van der Waals surface area contributed by atoms with Crippen molar-refractivity contribution in [1.29, 1.82) is 0 Å². The van der Waals surface area contributed by atoms with Crippen LogP contribution in [0.2, 0.25) is 0 Å². The fourth-order valence-corrected chi connectivity index (χ4v) is 4.59. The third kappa shape index (κ3) is 4.74. The van der Waals surface area contributed by atoms with Crippen LogP contribution in [-0.2, 0) is 21.2 Å². The van der Waals surface area contributed by atoms with Crippen molar-refractivity contribution in [3.63, 3.8) is 0 Å². The summed E-state index contributed by atoms with van der Waals surface area (Å²) in [5.41, 5.74) is 0.822. The van der Waals surface area contributed by atoms with E-state index in [1.807, 2.05) is 19.2 Å². The zero-order valence-corrected chi connectivity index (χ0v) is 16.8. The maximum Gasteiger partial charge on any atom is 0.206 e. The van der Waals surface area contributed by atoms with E-state index in [-0.39, 0.29) is 15.9 Å². The summed E-state index contributed by atoms with van der Waals surface area (Å²) in [6, 6.07) is 14.8. The van der Waals surface area contributed by atoms with Crippen LogP contribution in [0.5, 0.6) is 5.75 Å². The molecule has 0 spiro atoms. The standard InChI is InChI=1S/C20H21NO4S2/c1-3-24-15(2)20-21-16(14-26-20)13-25-17-9-11-19(12-10-17)27(22,23)18-7-5-4-6-8-18/h4-12,14-15H,3,13H2,1-2H3. The first kappa shape index (κ1) is 19.5. The van der Waals surface area contributed by atoms with Crippen LogP contribution in [0.1, 0.15) is 30.7 Å². The van der Waals surface area contributed by atoms with Crippen LogP contribution in [0.3, 0.4) is 0 Å². The van der Waals surface area contributed by atoms with E-state index in [0.717, 1.165) is 10.7 Å². The fourth-order valence-electron chi connectivity index (χ4n) is 2.50. The number of thiazole rings is 1. The van der Waals surface area contributed by atoms with Gasteiger partial charge in [0.2, 0.25) is 9.84 Å². The van der Waals surface area contributed by atoms with Crippen molar-refractivity contribution < 1.29 is 17.9 Å². The van der Waals surface area contributed by atoms with Gasteiger partial charge in [-0.3, -0.25) is 0 Å². The number of sulfone groups is 1. The lowest BCUT2D eigenvalue weighted by Crippen LogP contribution is -2.02. The monoisotopic (exact) mass is 403 g/mol. The van der Waals surface area contributed by atoms with E-state index >= 15 is 0 Å². The molecule has 0 radical (unpaired) electrons. The quantitative estimate of drug-likeness (QED) is 0.548. The SMILES string of the molecule is CCOC(C)c1nc(COc2ccc(S(=O)(=O)c3ccccc3)cc2)cs1. The Labute approximate surface area is 163 Å². The highest BCUT2D eigenvalue weighted by molar-refractivity contribution is 7.91. The van der Waals surface area contributed by atoms with Gasteiger partial charge in [-0.25, -0.2) is 13.4 Å². The molecule has 0 aliphatic rings. The summed E-state index contributed by atoms with van der Waals surface area (Å²) >= 11 is 1.54. The van der Waals surface area contributed by atoms with Crippen molar-refractivity contribution in [2.45, 2.75) is 36.3 Å². The molecule has 0 amide bonds. The number of ether oxygens (including phenoxy) is 2. The molecule has 1 unspecified atom stereocenters. The van der Waals surface area contributed by atoms with Gasteiger partial charge in [-0.15, -0.1) is 11.3 Å². The van der Waals surface area contributed by atoms with E-state index in [1.54, 1.807) is 65.9 Å². The average molecular weight is 404 g/mol. The minimum Gasteiger partial charge on any atom is -0.487 e. The maximum atomic E-state index is 12.6. The van der Waals surface area contributed by atoms with Gasteiger partial charge in [0, 0.05) is 12.0 Å². The van der Waals surface area contributed by atoms with Gasteiger partial charge >= 0.3 is 0 Å². The Morgan fingerprint density at radius 2 is 1.70 bits per heavy atom. The lowest BCUT2D eigenvalue weighted by Gasteiger charge is -2.08. The topological polar surface area (TPSA) is 65.5 Å². The number of aromatic nitrogens is 1. The molecule has 1 aromatic heterocycles.